The third-order valence-electron chi connectivity index (χ3n) is 7.77. The number of hydrogen-bond donors (Lipinski definition) is 0. The summed E-state index contributed by atoms with van der Waals surface area (Å²) in [7, 11) is -2.22. The standard InChI is InChI=1S/C24H40BNO2Si/c1-16(2)29(17(3)4,18(5)6)26-15-20(22-19(7)13-12-14-21(22)26)25-27-23(8,9)24(10,11)28-25/h12-18H,1-11H3. The van der Waals surface area contributed by atoms with Crippen molar-refractivity contribution in [3.63, 3.8) is 0 Å². The molecule has 3 nitrogen and oxygen atoms in total. The molecule has 0 aliphatic carbocycles. The van der Waals surface area contributed by atoms with E-state index >= 15 is 0 Å². The van der Waals surface area contributed by atoms with E-state index in [1.54, 1.807) is 0 Å². The fourth-order valence-corrected chi connectivity index (χ4v) is 12.4. The quantitative estimate of drug-likeness (QED) is 0.539. The summed E-state index contributed by atoms with van der Waals surface area (Å²) in [5.74, 6) is 0. The van der Waals surface area contributed by atoms with Crippen molar-refractivity contribution in [2.45, 2.75) is 104 Å². The molecule has 0 saturated carbocycles. The number of aromatic nitrogens is 1. The zero-order valence-electron chi connectivity index (χ0n) is 20.4. The second-order valence-electron chi connectivity index (χ2n) is 10.9. The second-order valence-corrected chi connectivity index (χ2v) is 16.6. The lowest BCUT2D eigenvalue weighted by Gasteiger charge is -2.44. The first-order valence-corrected chi connectivity index (χ1v) is 13.4. The molecule has 1 fully saturated rings. The normalized spacial score (nSPS) is 19.3. The number of aryl methyl sites for hydroxylation is 1. The Hall–Kier alpha value is -1.04. The highest BCUT2D eigenvalue weighted by molar-refractivity contribution is 6.83. The second kappa shape index (κ2) is 7.28. The van der Waals surface area contributed by atoms with Crippen molar-refractivity contribution < 1.29 is 9.31 Å². The third kappa shape index (κ3) is 3.24. The predicted octanol–water partition coefficient (Wildman–Crippen LogP) is 6.27. The van der Waals surface area contributed by atoms with E-state index in [2.05, 4.69) is 105 Å². The van der Waals surface area contributed by atoms with Crippen LogP contribution in [-0.2, 0) is 9.31 Å². The Bertz CT molecular complexity index is 860. The van der Waals surface area contributed by atoms with Crippen molar-refractivity contribution >= 4 is 31.7 Å². The Labute approximate surface area is 179 Å². The van der Waals surface area contributed by atoms with Gasteiger partial charge in [0.15, 0.2) is 8.24 Å². The summed E-state index contributed by atoms with van der Waals surface area (Å²) in [6.07, 6.45) is 2.39. The topological polar surface area (TPSA) is 23.4 Å². The molecule has 0 spiro atoms. The van der Waals surface area contributed by atoms with Gasteiger partial charge in [-0.2, -0.15) is 0 Å². The van der Waals surface area contributed by atoms with E-state index in [1.807, 2.05) is 0 Å². The van der Waals surface area contributed by atoms with Crippen LogP contribution in [-0.4, -0.2) is 30.8 Å². The molecule has 1 saturated heterocycles. The lowest BCUT2D eigenvalue weighted by molar-refractivity contribution is 0.00578. The van der Waals surface area contributed by atoms with Gasteiger partial charge < -0.3 is 13.5 Å². The zero-order chi connectivity index (χ0) is 21.9. The lowest BCUT2D eigenvalue weighted by atomic mass is 9.78. The van der Waals surface area contributed by atoms with Crippen molar-refractivity contribution in [2.75, 3.05) is 0 Å². The molecule has 0 bridgehead atoms. The highest BCUT2D eigenvalue weighted by Gasteiger charge is 2.53. The molecule has 0 radical (unpaired) electrons. The first-order valence-electron chi connectivity index (χ1n) is 11.2. The van der Waals surface area contributed by atoms with Gasteiger partial charge in [-0.15, -0.1) is 0 Å². The van der Waals surface area contributed by atoms with Crippen LogP contribution in [0, 0.1) is 6.92 Å². The first-order chi connectivity index (χ1) is 13.3. The van der Waals surface area contributed by atoms with E-state index in [0.29, 0.717) is 16.6 Å². The maximum absolute atomic E-state index is 6.50. The average molecular weight is 413 g/mol. The molecular weight excluding hydrogens is 373 g/mol. The van der Waals surface area contributed by atoms with Crippen LogP contribution in [0.1, 0.15) is 74.8 Å². The van der Waals surface area contributed by atoms with Gasteiger partial charge in [0.1, 0.15) is 0 Å². The zero-order valence-corrected chi connectivity index (χ0v) is 21.4. The minimum absolute atomic E-state index is 0.331. The molecule has 0 N–H and O–H groups in total. The van der Waals surface area contributed by atoms with E-state index in [9.17, 15) is 0 Å². The molecule has 1 aliphatic heterocycles. The highest BCUT2D eigenvalue weighted by atomic mass is 28.3. The molecule has 0 amide bonds. The van der Waals surface area contributed by atoms with Gasteiger partial charge in [-0.05, 0) is 69.1 Å². The summed E-state index contributed by atoms with van der Waals surface area (Å²) in [5, 5.41) is 1.31. The molecular formula is C24H40BNO2Si. The van der Waals surface area contributed by atoms with E-state index in [1.165, 1.54) is 21.9 Å². The van der Waals surface area contributed by atoms with E-state index in [4.69, 9.17) is 9.31 Å². The van der Waals surface area contributed by atoms with Gasteiger partial charge in [-0.3, -0.25) is 0 Å². The van der Waals surface area contributed by atoms with E-state index in [-0.39, 0.29) is 18.3 Å². The van der Waals surface area contributed by atoms with Gasteiger partial charge in [0, 0.05) is 16.4 Å². The molecule has 29 heavy (non-hydrogen) atoms. The monoisotopic (exact) mass is 413 g/mol. The maximum Gasteiger partial charge on any atom is 0.497 e. The van der Waals surface area contributed by atoms with Crippen LogP contribution in [0.15, 0.2) is 24.4 Å². The molecule has 2 aromatic rings. The highest BCUT2D eigenvalue weighted by Crippen LogP contribution is 2.45. The molecule has 2 heterocycles. The Kier molecular flexibility index (Phi) is 5.68. The van der Waals surface area contributed by atoms with Crippen molar-refractivity contribution in [3.8, 4) is 0 Å². The number of benzene rings is 1. The Morgan fingerprint density at radius 1 is 0.862 bits per heavy atom. The smallest absolute Gasteiger partial charge is 0.399 e. The number of nitrogens with zero attached hydrogens (tertiary/aromatic N) is 1. The van der Waals surface area contributed by atoms with E-state index in [0.717, 1.165) is 0 Å². The lowest BCUT2D eigenvalue weighted by Crippen LogP contribution is -2.52. The molecule has 1 aromatic heterocycles. The molecule has 0 unspecified atom stereocenters. The van der Waals surface area contributed by atoms with Crippen LogP contribution < -0.4 is 5.46 Å². The summed E-state index contributed by atoms with van der Waals surface area (Å²) < 4.78 is 15.7. The van der Waals surface area contributed by atoms with Crippen LogP contribution in [0.25, 0.3) is 10.9 Å². The van der Waals surface area contributed by atoms with Crippen LogP contribution in [0.5, 0.6) is 0 Å². The van der Waals surface area contributed by atoms with Gasteiger partial charge in [0.05, 0.1) is 11.2 Å². The predicted molar refractivity (Wildman–Crippen MR) is 129 cm³/mol. The van der Waals surface area contributed by atoms with Gasteiger partial charge in [0.25, 0.3) is 0 Å². The van der Waals surface area contributed by atoms with Crippen molar-refractivity contribution in [3.05, 3.63) is 30.0 Å². The average Bonchev–Trinajstić information content (AvgIpc) is 3.03. The number of hydrogen-bond acceptors (Lipinski definition) is 2. The van der Waals surface area contributed by atoms with Gasteiger partial charge in [0.2, 0.25) is 0 Å². The van der Waals surface area contributed by atoms with Crippen LogP contribution in [0.4, 0.5) is 0 Å². The fraction of sp³-hybridized carbons (Fsp3) is 0.667. The van der Waals surface area contributed by atoms with Crippen molar-refractivity contribution in [1.29, 1.82) is 0 Å². The van der Waals surface area contributed by atoms with Crippen LogP contribution >= 0.6 is 0 Å². The van der Waals surface area contributed by atoms with Gasteiger partial charge in [-0.25, -0.2) is 0 Å². The van der Waals surface area contributed by atoms with Crippen LogP contribution in [0.3, 0.4) is 0 Å². The Morgan fingerprint density at radius 2 is 1.34 bits per heavy atom. The summed E-state index contributed by atoms with van der Waals surface area (Å²) >= 11 is 0. The van der Waals surface area contributed by atoms with Gasteiger partial charge in [-0.1, -0.05) is 53.7 Å². The first kappa shape index (κ1) is 22.6. The number of rotatable bonds is 5. The summed E-state index contributed by atoms with van der Waals surface area (Å²) in [4.78, 5) is 0. The van der Waals surface area contributed by atoms with Crippen molar-refractivity contribution in [1.82, 2.24) is 4.23 Å². The summed E-state index contributed by atoms with van der Waals surface area (Å²) in [6, 6.07) is 6.71. The molecule has 3 rings (SSSR count). The summed E-state index contributed by atoms with van der Waals surface area (Å²) in [6.45, 7) is 25.3. The van der Waals surface area contributed by atoms with E-state index < -0.39 is 8.24 Å². The molecule has 1 aromatic carbocycles. The Morgan fingerprint density at radius 3 is 1.79 bits per heavy atom. The molecule has 5 heteroatoms. The molecule has 0 atom stereocenters. The Balaban J connectivity index is 2.31. The minimum atomic E-state index is -1.89. The van der Waals surface area contributed by atoms with Crippen molar-refractivity contribution in [2.24, 2.45) is 0 Å². The maximum atomic E-state index is 6.50. The molecule has 160 valence electrons. The SMILES string of the molecule is Cc1cccc2c1c(B1OC(C)(C)C(C)(C)O1)cn2[Si](C(C)C)(C(C)C)C(C)C. The molecule has 1 aliphatic rings. The third-order valence-corrected chi connectivity index (χ3v) is 14.5. The van der Waals surface area contributed by atoms with Gasteiger partial charge >= 0.3 is 7.12 Å². The summed E-state index contributed by atoms with van der Waals surface area (Å²) in [5.41, 5.74) is 5.05. The number of fused-ring (bicyclic) bond motifs is 1. The van der Waals surface area contributed by atoms with Crippen LogP contribution in [0.2, 0.25) is 16.6 Å². The minimum Gasteiger partial charge on any atom is -0.399 e. The largest absolute Gasteiger partial charge is 0.497 e. The fourth-order valence-electron chi connectivity index (χ4n) is 5.81.